The summed E-state index contributed by atoms with van der Waals surface area (Å²) in [7, 11) is -3.47. The largest absolute Gasteiger partial charge is 0.462 e. The first-order chi connectivity index (χ1) is 12.9. The molecule has 0 aliphatic carbocycles. The number of benzene rings is 1. The molecule has 1 aliphatic rings. The van der Waals surface area contributed by atoms with Crippen molar-refractivity contribution in [2.24, 2.45) is 0 Å². The van der Waals surface area contributed by atoms with Gasteiger partial charge >= 0.3 is 5.97 Å². The van der Waals surface area contributed by atoms with E-state index in [4.69, 9.17) is 4.74 Å². The molecular formula is C19H22BrNO4S2. The molecule has 146 valence electrons. The van der Waals surface area contributed by atoms with Crippen molar-refractivity contribution in [2.75, 3.05) is 19.7 Å². The number of esters is 1. The van der Waals surface area contributed by atoms with Crippen LogP contribution in [0.2, 0.25) is 0 Å². The monoisotopic (exact) mass is 471 g/mol. The van der Waals surface area contributed by atoms with E-state index in [9.17, 15) is 13.2 Å². The van der Waals surface area contributed by atoms with Gasteiger partial charge in [-0.05, 0) is 65.9 Å². The molecule has 2 aromatic rings. The van der Waals surface area contributed by atoms with Crippen LogP contribution in [-0.2, 0) is 14.8 Å². The van der Waals surface area contributed by atoms with Gasteiger partial charge < -0.3 is 4.74 Å². The van der Waals surface area contributed by atoms with Crippen LogP contribution in [0, 0.1) is 6.92 Å². The smallest absolute Gasteiger partial charge is 0.348 e. The Balaban J connectivity index is 1.95. The second-order valence-corrected chi connectivity index (χ2v) is 10.7. The van der Waals surface area contributed by atoms with Crippen LogP contribution in [0.5, 0.6) is 0 Å². The third-order valence-corrected chi connectivity index (χ3v) is 8.70. The van der Waals surface area contributed by atoms with Gasteiger partial charge in [-0.1, -0.05) is 18.6 Å². The maximum absolute atomic E-state index is 12.8. The quantitative estimate of drug-likeness (QED) is 0.585. The molecule has 0 radical (unpaired) electrons. The van der Waals surface area contributed by atoms with E-state index < -0.39 is 10.0 Å². The van der Waals surface area contributed by atoms with E-state index in [-0.39, 0.29) is 10.9 Å². The summed E-state index contributed by atoms with van der Waals surface area (Å²) in [6.45, 7) is 5.16. The second kappa shape index (κ2) is 8.43. The standard InChI is InChI=1S/C19H22BrNO4S2/c1-3-25-19(22)17-16(13(2)18(20)26-17)14-7-9-15(10-8-14)27(23,24)21-11-5-4-6-12-21/h7-10H,3-6,11-12H2,1-2H3. The SMILES string of the molecule is CCOC(=O)c1sc(Br)c(C)c1-c1ccc(S(=O)(=O)N2CCCCC2)cc1. The molecule has 1 aromatic carbocycles. The fraction of sp³-hybridized carbons (Fsp3) is 0.421. The minimum absolute atomic E-state index is 0.290. The van der Waals surface area contributed by atoms with E-state index in [0.29, 0.717) is 24.6 Å². The van der Waals surface area contributed by atoms with Crippen molar-refractivity contribution in [3.8, 4) is 11.1 Å². The molecule has 0 atom stereocenters. The number of thiophene rings is 1. The third kappa shape index (κ3) is 4.13. The van der Waals surface area contributed by atoms with E-state index >= 15 is 0 Å². The fourth-order valence-corrected chi connectivity index (χ4v) is 6.37. The molecule has 0 N–H and O–H groups in total. The molecule has 1 fully saturated rings. The lowest BCUT2D eigenvalue weighted by atomic mass is 10.0. The average Bonchev–Trinajstić information content (AvgIpc) is 2.98. The van der Waals surface area contributed by atoms with Crippen LogP contribution < -0.4 is 0 Å². The molecule has 0 spiro atoms. The Morgan fingerprint density at radius 3 is 2.41 bits per heavy atom. The Bertz CT molecular complexity index is 929. The normalized spacial score (nSPS) is 15.7. The molecule has 1 aromatic heterocycles. The number of ether oxygens (including phenoxy) is 1. The predicted molar refractivity (Wildman–Crippen MR) is 111 cm³/mol. The maximum Gasteiger partial charge on any atom is 0.348 e. The van der Waals surface area contributed by atoms with Gasteiger partial charge in [-0.3, -0.25) is 0 Å². The first kappa shape index (κ1) is 20.5. The van der Waals surface area contributed by atoms with Crippen molar-refractivity contribution in [3.05, 3.63) is 38.5 Å². The summed E-state index contributed by atoms with van der Waals surface area (Å²) < 4.78 is 33.2. The van der Waals surface area contributed by atoms with Crippen molar-refractivity contribution in [1.82, 2.24) is 4.31 Å². The van der Waals surface area contributed by atoms with Crippen LogP contribution in [0.4, 0.5) is 0 Å². The van der Waals surface area contributed by atoms with Gasteiger partial charge in [0.05, 0.1) is 15.3 Å². The van der Waals surface area contributed by atoms with Gasteiger partial charge in [0.25, 0.3) is 0 Å². The minimum Gasteiger partial charge on any atom is -0.462 e. The molecule has 3 rings (SSSR count). The highest BCUT2D eigenvalue weighted by Gasteiger charge is 2.27. The van der Waals surface area contributed by atoms with Crippen molar-refractivity contribution < 1.29 is 17.9 Å². The van der Waals surface area contributed by atoms with Crippen molar-refractivity contribution >= 4 is 43.3 Å². The molecule has 1 aliphatic heterocycles. The molecule has 1 saturated heterocycles. The molecule has 8 heteroatoms. The number of rotatable bonds is 5. The zero-order valence-corrected chi connectivity index (χ0v) is 18.5. The van der Waals surface area contributed by atoms with Gasteiger partial charge in [0.2, 0.25) is 10.0 Å². The number of sulfonamides is 1. The van der Waals surface area contributed by atoms with Crippen molar-refractivity contribution in [2.45, 2.75) is 38.0 Å². The lowest BCUT2D eigenvalue weighted by Gasteiger charge is -2.25. The summed E-state index contributed by atoms with van der Waals surface area (Å²) in [6, 6.07) is 6.78. The van der Waals surface area contributed by atoms with E-state index in [1.807, 2.05) is 6.92 Å². The highest BCUT2D eigenvalue weighted by molar-refractivity contribution is 9.11. The first-order valence-corrected chi connectivity index (χ1v) is 12.0. The number of hydrogen-bond acceptors (Lipinski definition) is 5. The van der Waals surface area contributed by atoms with E-state index in [2.05, 4.69) is 15.9 Å². The number of nitrogens with zero attached hydrogens (tertiary/aromatic N) is 1. The number of carbonyl (C=O) groups excluding carboxylic acids is 1. The maximum atomic E-state index is 12.8. The Morgan fingerprint density at radius 2 is 1.81 bits per heavy atom. The molecular weight excluding hydrogens is 450 g/mol. The van der Waals surface area contributed by atoms with Gasteiger partial charge in [0, 0.05) is 18.7 Å². The van der Waals surface area contributed by atoms with Gasteiger partial charge in [-0.15, -0.1) is 11.3 Å². The van der Waals surface area contributed by atoms with Gasteiger partial charge in [-0.2, -0.15) is 4.31 Å². The number of halogens is 1. The molecule has 0 bridgehead atoms. The lowest BCUT2D eigenvalue weighted by Crippen LogP contribution is -2.35. The van der Waals surface area contributed by atoms with E-state index in [1.165, 1.54) is 11.3 Å². The summed E-state index contributed by atoms with van der Waals surface area (Å²) in [5.41, 5.74) is 2.53. The van der Waals surface area contributed by atoms with E-state index in [1.54, 1.807) is 35.5 Å². The highest BCUT2D eigenvalue weighted by atomic mass is 79.9. The highest BCUT2D eigenvalue weighted by Crippen LogP contribution is 2.40. The van der Waals surface area contributed by atoms with Crippen LogP contribution in [0.15, 0.2) is 32.9 Å². The fourth-order valence-electron chi connectivity index (χ4n) is 3.22. The van der Waals surface area contributed by atoms with Crippen LogP contribution in [0.25, 0.3) is 11.1 Å². The molecule has 0 unspecified atom stereocenters. The number of piperidine rings is 1. The Labute approximate surface area is 172 Å². The topological polar surface area (TPSA) is 63.7 Å². The third-order valence-electron chi connectivity index (χ3n) is 4.65. The molecule has 27 heavy (non-hydrogen) atoms. The first-order valence-electron chi connectivity index (χ1n) is 8.93. The Morgan fingerprint density at radius 1 is 1.19 bits per heavy atom. The van der Waals surface area contributed by atoms with Crippen LogP contribution in [-0.4, -0.2) is 38.4 Å². The summed E-state index contributed by atoms with van der Waals surface area (Å²) in [5.74, 6) is -0.365. The molecule has 0 amide bonds. The van der Waals surface area contributed by atoms with Crippen LogP contribution in [0.3, 0.4) is 0 Å². The average molecular weight is 472 g/mol. The van der Waals surface area contributed by atoms with Gasteiger partial charge in [0.1, 0.15) is 4.88 Å². The van der Waals surface area contributed by atoms with E-state index in [0.717, 1.165) is 39.7 Å². The van der Waals surface area contributed by atoms with Gasteiger partial charge in [-0.25, -0.2) is 13.2 Å². The van der Waals surface area contributed by atoms with Crippen molar-refractivity contribution in [1.29, 1.82) is 0 Å². The number of hydrogen-bond donors (Lipinski definition) is 0. The zero-order valence-electron chi connectivity index (χ0n) is 15.3. The summed E-state index contributed by atoms with van der Waals surface area (Å²) in [4.78, 5) is 13.1. The zero-order chi connectivity index (χ0) is 19.6. The minimum atomic E-state index is -3.47. The van der Waals surface area contributed by atoms with Gasteiger partial charge in [0.15, 0.2) is 0 Å². The van der Waals surface area contributed by atoms with Crippen LogP contribution in [0.1, 0.15) is 41.4 Å². The molecule has 2 heterocycles. The summed E-state index contributed by atoms with van der Waals surface area (Å²) in [5, 5.41) is 0. The lowest BCUT2D eigenvalue weighted by molar-refractivity contribution is 0.0533. The molecule has 0 saturated carbocycles. The van der Waals surface area contributed by atoms with Crippen LogP contribution >= 0.6 is 27.3 Å². The van der Waals surface area contributed by atoms with Crippen molar-refractivity contribution in [3.63, 3.8) is 0 Å². The Hall–Kier alpha value is -1.22. The molecule has 5 nitrogen and oxygen atoms in total. The predicted octanol–water partition coefficient (Wildman–Crippen LogP) is 4.84. The summed E-state index contributed by atoms with van der Waals surface area (Å²) >= 11 is 4.82. The number of carbonyl (C=O) groups is 1. The Kier molecular flexibility index (Phi) is 6.40. The second-order valence-electron chi connectivity index (χ2n) is 6.41. The summed E-state index contributed by atoms with van der Waals surface area (Å²) in [6.07, 6.45) is 2.89.